The average Bonchev–Trinajstić information content (AvgIpc) is 2.42. The standard InChI is InChI=1S/C18H31NO/c1-5-6-7-8-9-12-20-18-11-10-16(4)13-17(18)14-19-15(2)3/h10-11,13,15,19H,5-9,12,14H2,1-4H3. The van der Waals surface area contributed by atoms with E-state index in [9.17, 15) is 0 Å². The summed E-state index contributed by atoms with van der Waals surface area (Å²) in [6.07, 6.45) is 6.40. The molecule has 0 aliphatic rings. The van der Waals surface area contributed by atoms with Crippen molar-refractivity contribution in [3.63, 3.8) is 0 Å². The lowest BCUT2D eigenvalue weighted by atomic mass is 10.1. The Labute approximate surface area is 124 Å². The van der Waals surface area contributed by atoms with Gasteiger partial charge in [0.1, 0.15) is 5.75 Å². The molecule has 0 fully saturated rings. The highest BCUT2D eigenvalue weighted by atomic mass is 16.5. The first-order valence-corrected chi connectivity index (χ1v) is 8.09. The van der Waals surface area contributed by atoms with Crippen LogP contribution in [0.25, 0.3) is 0 Å². The molecule has 1 aromatic carbocycles. The zero-order chi connectivity index (χ0) is 14.8. The van der Waals surface area contributed by atoms with Gasteiger partial charge in [0.2, 0.25) is 0 Å². The highest BCUT2D eigenvalue weighted by Gasteiger charge is 2.05. The fourth-order valence-corrected chi connectivity index (χ4v) is 2.19. The van der Waals surface area contributed by atoms with Crippen molar-refractivity contribution in [3.8, 4) is 5.75 Å². The second kappa shape index (κ2) is 9.82. The van der Waals surface area contributed by atoms with Crippen LogP contribution in [0.4, 0.5) is 0 Å². The Kier molecular flexibility index (Phi) is 8.36. The van der Waals surface area contributed by atoms with E-state index in [0.717, 1.165) is 25.3 Å². The molecule has 0 bridgehead atoms. The maximum absolute atomic E-state index is 5.96. The normalized spacial score (nSPS) is 11.1. The molecule has 20 heavy (non-hydrogen) atoms. The van der Waals surface area contributed by atoms with Crippen LogP contribution >= 0.6 is 0 Å². The quantitative estimate of drug-likeness (QED) is 0.618. The average molecular weight is 277 g/mol. The van der Waals surface area contributed by atoms with Crippen molar-refractivity contribution < 1.29 is 4.74 Å². The molecule has 0 saturated heterocycles. The zero-order valence-corrected chi connectivity index (χ0v) is 13.7. The molecule has 0 radical (unpaired) electrons. The number of nitrogens with one attached hydrogen (secondary N) is 1. The van der Waals surface area contributed by atoms with Gasteiger partial charge in [0.15, 0.2) is 0 Å². The predicted molar refractivity (Wildman–Crippen MR) is 87.4 cm³/mol. The maximum Gasteiger partial charge on any atom is 0.123 e. The molecular formula is C18H31NO. The highest BCUT2D eigenvalue weighted by Crippen LogP contribution is 2.20. The summed E-state index contributed by atoms with van der Waals surface area (Å²) < 4.78 is 5.96. The molecule has 1 N–H and O–H groups in total. The van der Waals surface area contributed by atoms with Gasteiger partial charge in [-0.1, -0.05) is 64.2 Å². The largest absolute Gasteiger partial charge is 0.493 e. The summed E-state index contributed by atoms with van der Waals surface area (Å²) in [5, 5.41) is 3.47. The van der Waals surface area contributed by atoms with Gasteiger partial charge in [0.05, 0.1) is 6.61 Å². The van der Waals surface area contributed by atoms with E-state index >= 15 is 0 Å². The van der Waals surface area contributed by atoms with Gasteiger partial charge in [-0.2, -0.15) is 0 Å². The third-order valence-corrected chi connectivity index (χ3v) is 3.42. The van der Waals surface area contributed by atoms with E-state index in [1.54, 1.807) is 0 Å². The van der Waals surface area contributed by atoms with Gasteiger partial charge in [-0.25, -0.2) is 0 Å². The van der Waals surface area contributed by atoms with Gasteiger partial charge in [-0.05, 0) is 19.4 Å². The van der Waals surface area contributed by atoms with E-state index < -0.39 is 0 Å². The van der Waals surface area contributed by atoms with Crippen LogP contribution in [0, 0.1) is 6.92 Å². The lowest BCUT2D eigenvalue weighted by molar-refractivity contribution is 0.300. The number of hydrogen-bond donors (Lipinski definition) is 1. The van der Waals surface area contributed by atoms with E-state index in [0.29, 0.717) is 6.04 Å². The van der Waals surface area contributed by atoms with Crippen molar-refractivity contribution in [2.45, 2.75) is 72.4 Å². The van der Waals surface area contributed by atoms with E-state index in [4.69, 9.17) is 4.74 Å². The minimum absolute atomic E-state index is 0.498. The fourth-order valence-electron chi connectivity index (χ4n) is 2.19. The van der Waals surface area contributed by atoms with Crippen molar-refractivity contribution in [2.75, 3.05) is 6.61 Å². The molecule has 0 spiro atoms. The summed E-state index contributed by atoms with van der Waals surface area (Å²) in [4.78, 5) is 0. The Morgan fingerprint density at radius 3 is 2.55 bits per heavy atom. The first kappa shape index (κ1) is 17.0. The smallest absolute Gasteiger partial charge is 0.123 e. The summed E-state index contributed by atoms with van der Waals surface area (Å²) in [6.45, 7) is 10.4. The van der Waals surface area contributed by atoms with Crippen LogP contribution in [0.15, 0.2) is 18.2 Å². The van der Waals surface area contributed by atoms with Gasteiger partial charge in [-0.3, -0.25) is 0 Å². The van der Waals surface area contributed by atoms with Crippen LogP contribution in [0.3, 0.4) is 0 Å². The van der Waals surface area contributed by atoms with Crippen molar-refractivity contribution in [3.05, 3.63) is 29.3 Å². The summed E-state index contributed by atoms with van der Waals surface area (Å²) in [7, 11) is 0. The van der Waals surface area contributed by atoms with E-state index in [2.05, 4.69) is 51.2 Å². The number of rotatable bonds is 10. The molecule has 2 heteroatoms. The van der Waals surface area contributed by atoms with Crippen molar-refractivity contribution in [1.82, 2.24) is 5.32 Å². The maximum atomic E-state index is 5.96. The number of unbranched alkanes of at least 4 members (excludes halogenated alkanes) is 4. The molecule has 1 rings (SSSR count). The fraction of sp³-hybridized carbons (Fsp3) is 0.667. The molecule has 0 amide bonds. The van der Waals surface area contributed by atoms with Crippen LogP contribution in [0.5, 0.6) is 5.75 Å². The van der Waals surface area contributed by atoms with Crippen LogP contribution in [0.1, 0.15) is 64.0 Å². The SMILES string of the molecule is CCCCCCCOc1ccc(C)cc1CNC(C)C. The summed E-state index contributed by atoms with van der Waals surface area (Å²) >= 11 is 0. The topological polar surface area (TPSA) is 21.3 Å². The minimum atomic E-state index is 0.498. The van der Waals surface area contributed by atoms with Crippen molar-refractivity contribution in [2.24, 2.45) is 0 Å². The Balaban J connectivity index is 2.43. The molecule has 114 valence electrons. The predicted octanol–water partition coefficient (Wildman–Crippen LogP) is 4.84. The molecular weight excluding hydrogens is 246 g/mol. The Morgan fingerprint density at radius 1 is 1.10 bits per heavy atom. The van der Waals surface area contributed by atoms with Gasteiger partial charge in [0, 0.05) is 18.2 Å². The molecule has 0 atom stereocenters. The van der Waals surface area contributed by atoms with E-state index in [-0.39, 0.29) is 0 Å². The van der Waals surface area contributed by atoms with Crippen LogP contribution < -0.4 is 10.1 Å². The van der Waals surface area contributed by atoms with Crippen LogP contribution in [-0.2, 0) is 6.54 Å². The second-order valence-electron chi connectivity index (χ2n) is 5.91. The zero-order valence-electron chi connectivity index (χ0n) is 13.7. The van der Waals surface area contributed by atoms with Gasteiger partial charge < -0.3 is 10.1 Å². The molecule has 0 heterocycles. The summed E-state index contributed by atoms with van der Waals surface area (Å²) in [6, 6.07) is 6.96. The van der Waals surface area contributed by atoms with Gasteiger partial charge in [0.25, 0.3) is 0 Å². The highest BCUT2D eigenvalue weighted by molar-refractivity contribution is 5.36. The van der Waals surface area contributed by atoms with Crippen molar-refractivity contribution >= 4 is 0 Å². The Hall–Kier alpha value is -1.02. The van der Waals surface area contributed by atoms with Gasteiger partial charge in [-0.15, -0.1) is 0 Å². The number of hydrogen-bond acceptors (Lipinski definition) is 2. The summed E-state index contributed by atoms with van der Waals surface area (Å²) in [5.41, 5.74) is 2.56. The molecule has 0 aromatic heterocycles. The lowest BCUT2D eigenvalue weighted by Gasteiger charge is -2.14. The first-order valence-electron chi connectivity index (χ1n) is 8.09. The molecule has 1 aromatic rings. The molecule has 0 aliphatic carbocycles. The third-order valence-electron chi connectivity index (χ3n) is 3.42. The molecule has 2 nitrogen and oxygen atoms in total. The third kappa shape index (κ3) is 6.95. The van der Waals surface area contributed by atoms with Gasteiger partial charge >= 0.3 is 0 Å². The number of benzene rings is 1. The van der Waals surface area contributed by atoms with Crippen LogP contribution in [-0.4, -0.2) is 12.6 Å². The first-order chi connectivity index (χ1) is 9.63. The molecule has 0 aliphatic heterocycles. The van der Waals surface area contributed by atoms with Crippen molar-refractivity contribution in [1.29, 1.82) is 0 Å². The Morgan fingerprint density at radius 2 is 1.85 bits per heavy atom. The second-order valence-corrected chi connectivity index (χ2v) is 5.91. The Bertz CT molecular complexity index is 374. The molecule has 0 saturated carbocycles. The number of aryl methyl sites for hydroxylation is 1. The lowest BCUT2D eigenvalue weighted by Crippen LogP contribution is -2.22. The van der Waals surface area contributed by atoms with E-state index in [1.165, 1.54) is 36.8 Å². The van der Waals surface area contributed by atoms with E-state index in [1.807, 2.05) is 0 Å². The number of ether oxygens (including phenoxy) is 1. The summed E-state index contributed by atoms with van der Waals surface area (Å²) in [5.74, 6) is 1.04. The monoisotopic (exact) mass is 277 g/mol. The van der Waals surface area contributed by atoms with Crippen LogP contribution in [0.2, 0.25) is 0 Å². The minimum Gasteiger partial charge on any atom is -0.493 e. The molecule has 0 unspecified atom stereocenters.